The molecule has 0 aliphatic heterocycles. The molecule has 0 amide bonds. The standard InChI is InChI=1S/C14H29O5P/c1-5-9-10-13(11-12-14(15)17-6-2)20(16,18-7-3)19-8-4/h13H,5-12H2,1-4H3/t13-/m0/s1. The predicted octanol–water partition coefficient (Wildman–Crippen LogP) is 4.15. The fourth-order valence-electron chi connectivity index (χ4n) is 2.03. The molecule has 0 bridgehead atoms. The van der Waals surface area contributed by atoms with Gasteiger partial charge < -0.3 is 13.8 Å². The van der Waals surface area contributed by atoms with Crippen molar-refractivity contribution in [3.8, 4) is 0 Å². The summed E-state index contributed by atoms with van der Waals surface area (Å²) in [6.07, 6.45) is 3.43. The molecule has 0 aliphatic rings. The third-order valence-corrected chi connectivity index (χ3v) is 5.59. The van der Waals surface area contributed by atoms with Gasteiger partial charge in [-0.3, -0.25) is 9.36 Å². The molecule has 20 heavy (non-hydrogen) atoms. The highest BCUT2D eigenvalue weighted by molar-refractivity contribution is 7.54. The van der Waals surface area contributed by atoms with Crippen molar-refractivity contribution in [1.82, 2.24) is 0 Å². The van der Waals surface area contributed by atoms with E-state index >= 15 is 0 Å². The van der Waals surface area contributed by atoms with E-state index in [0.29, 0.717) is 26.2 Å². The lowest BCUT2D eigenvalue weighted by molar-refractivity contribution is -0.143. The van der Waals surface area contributed by atoms with Gasteiger partial charge in [-0.1, -0.05) is 19.8 Å². The molecule has 0 unspecified atom stereocenters. The van der Waals surface area contributed by atoms with E-state index in [9.17, 15) is 9.36 Å². The van der Waals surface area contributed by atoms with E-state index in [4.69, 9.17) is 13.8 Å². The first-order valence-corrected chi connectivity index (χ1v) is 9.19. The number of hydrogen-bond acceptors (Lipinski definition) is 5. The van der Waals surface area contributed by atoms with Gasteiger partial charge in [-0.2, -0.15) is 0 Å². The van der Waals surface area contributed by atoms with Gasteiger partial charge in [0.05, 0.1) is 25.5 Å². The summed E-state index contributed by atoms with van der Waals surface area (Å²) in [5.74, 6) is -0.256. The largest absolute Gasteiger partial charge is 0.466 e. The monoisotopic (exact) mass is 308 g/mol. The maximum atomic E-state index is 12.8. The Kier molecular flexibility index (Phi) is 11.1. The van der Waals surface area contributed by atoms with E-state index in [1.165, 1.54) is 0 Å². The van der Waals surface area contributed by atoms with Crippen LogP contribution in [0.15, 0.2) is 0 Å². The van der Waals surface area contributed by atoms with Gasteiger partial charge in [-0.15, -0.1) is 0 Å². The Bertz CT molecular complexity index is 296. The Balaban J connectivity index is 4.72. The molecule has 0 aromatic rings. The number of hydrogen-bond donors (Lipinski definition) is 0. The van der Waals surface area contributed by atoms with Crippen LogP contribution in [-0.4, -0.2) is 31.4 Å². The molecule has 0 rings (SSSR count). The summed E-state index contributed by atoms with van der Waals surface area (Å²) in [6.45, 7) is 8.51. The molecule has 0 saturated carbocycles. The molecule has 0 aromatic heterocycles. The van der Waals surface area contributed by atoms with Gasteiger partial charge in [-0.05, 0) is 33.6 Å². The van der Waals surface area contributed by atoms with E-state index < -0.39 is 7.60 Å². The van der Waals surface area contributed by atoms with Gasteiger partial charge in [0.15, 0.2) is 0 Å². The highest BCUT2D eigenvalue weighted by atomic mass is 31.2. The smallest absolute Gasteiger partial charge is 0.333 e. The quantitative estimate of drug-likeness (QED) is 0.400. The summed E-state index contributed by atoms with van der Waals surface area (Å²) >= 11 is 0. The highest BCUT2D eigenvalue weighted by Gasteiger charge is 2.35. The van der Waals surface area contributed by atoms with Crippen molar-refractivity contribution < 1.29 is 23.1 Å². The van der Waals surface area contributed by atoms with Crippen LogP contribution in [0, 0.1) is 0 Å². The maximum Gasteiger partial charge on any atom is 0.333 e. The topological polar surface area (TPSA) is 61.8 Å². The molecule has 0 aromatic carbocycles. The molecule has 6 heteroatoms. The van der Waals surface area contributed by atoms with Crippen LogP contribution < -0.4 is 0 Å². The van der Waals surface area contributed by atoms with Crippen molar-refractivity contribution in [2.75, 3.05) is 19.8 Å². The van der Waals surface area contributed by atoms with E-state index in [0.717, 1.165) is 19.3 Å². The molecule has 0 heterocycles. The molecule has 0 fully saturated rings. The third-order valence-electron chi connectivity index (χ3n) is 2.94. The summed E-state index contributed by atoms with van der Waals surface area (Å²) in [7, 11) is -3.14. The molecule has 0 saturated heterocycles. The van der Waals surface area contributed by atoms with E-state index in [1.807, 2.05) is 0 Å². The van der Waals surface area contributed by atoms with Gasteiger partial charge in [0.2, 0.25) is 0 Å². The summed E-state index contributed by atoms with van der Waals surface area (Å²) < 4.78 is 28.5. The Hall–Kier alpha value is -0.380. The summed E-state index contributed by atoms with van der Waals surface area (Å²) in [5, 5.41) is 0. The van der Waals surface area contributed by atoms with Crippen LogP contribution in [0.2, 0.25) is 0 Å². The fraction of sp³-hybridized carbons (Fsp3) is 0.929. The van der Waals surface area contributed by atoms with Crippen molar-refractivity contribution in [1.29, 1.82) is 0 Å². The van der Waals surface area contributed by atoms with E-state index in [1.54, 1.807) is 20.8 Å². The first kappa shape index (κ1) is 19.6. The molecular formula is C14H29O5P. The number of rotatable bonds is 12. The van der Waals surface area contributed by atoms with Crippen molar-refractivity contribution in [2.24, 2.45) is 0 Å². The van der Waals surface area contributed by atoms with Gasteiger partial charge in [0.25, 0.3) is 0 Å². The molecule has 5 nitrogen and oxygen atoms in total. The van der Waals surface area contributed by atoms with E-state index in [-0.39, 0.29) is 18.0 Å². The van der Waals surface area contributed by atoms with Crippen LogP contribution in [0.3, 0.4) is 0 Å². The second kappa shape index (κ2) is 11.3. The zero-order chi connectivity index (χ0) is 15.4. The molecule has 0 N–H and O–H groups in total. The number of esters is 1. The van der Waals surface area contributed by atoms with Crippen LogP contribution in [0.4, 0.5) is 0 Å². The average Bonchev–Trinajstić information content (AvgIpc) is 2.39. The summed E-state index contributed by atoms with van der Waals surface area (Å²) in [6, 6.07) is 0. The lowest BCUT2D eigenvalue weighted by Crippen LogP contribution is -2.16. The minimum Gasteiger partial charge on any atom is -0.466 e. The predicted molar refractivity (Wildman–Crippen MR) is 80.0 cm³/mol. The van der Waals surface area contributed by atoms with Crippen molar-refractivity contribution in [3.63, 3.8) is 0 Å². The molecule has 0 radical (unpaired) electrons. The molecular weight excluding hydrogens is 279 g/mol. The number of carbonyl (C=O) groups excluding carboxylic acids is 1. The lowest BCUT2D eigenvalue weighted by Gasteiger charge is -2.26. The molecule has 1 atom stereocenters. The Morgan fingerprint density at radius 2 is 1.60 bits per heavy atom. The fourth-order valence-corrected chi connectivity index (χ4v) is 4.19. The molecule has 0 aliphatic carbocycles. The molecule has 120 valence electrons. The maximum absolute atomic E-state index is 12.8. The van der Waals surface area contributed by atoms with E-state index in [2.05, 4.69) is 6.92 Å². The van der Waals surface area contributed by atoms with Crippen LogP contribution in [0.25, 0.3) is 0 Å². The summed E-state index contributed by atoms with van der Waals surface area (Å²) in [5.41, 5.74) is -0.230. The number of carbonyl (C=O) groups is 1. The van der Waals surface area contributed by atoms with Crippen LogP contribution >= 0.6 is 7.60 Å². The van der Waals surface area contributed by atoms with Crippen molar-refractivity contribution >= 4 is 13.6 Å². The average molecular weight is 308 g/mol. The zero-order valence-electron chi connectivity index (χ0n) is 13.2. The minimum absolute atomic E-state index is 0.230. The second-order valence-corrected chi connectivity index (χ2v) is 6.84. The number of ether oxygens (including phenoxy) is 1. The first-order chi connectivity index (χ1) is 9.53. The molecule has 0 spiro atoms. The Morgan fingerprint density at radius 3 is 2.05 bits per heavy atom. The minimum atomic E-state index is -3.14. The zero-order valence-corrected chi connectivity index (χ0v) is 14.1. The van der Waals surface area contributed by atoms with Gasteiger partial charge in [0.1, 0.15) is 0 Å². The van der Waals surface area contributed by atoms with Gasteiger partial charge >= 0.3 is 13.6 Å². The second-order valence-electron chi connectivity index (χ2n) is 4.52. The van der Waals surface area contributed by atoms with Gasteiger partial charge in [-0.25, -0.2) is 0 Å². The SMILES string of the molecule is CCCC[C@@H](CCC(=O)OCC)P(=O)(OCC)OCC. The van der Waals surface area contributed by atoms with Crippen molar-refractivity contribution in [3.05, 3.63) is 0 Å². The lowest BCUT2D eigenvalue weighted by atomic mass is 10.1. The van der Waals surface area contributed by atoms with Crippen LogP contribution in [0.1, 0.15) is 59.8 Å². The Labute approximate surface area is 122 Å². The van der Waals surface area contributed by atoms with Crippen LogP contribution in [-0.2, 0) is 23.1 Å². The van der Waals surface area contributed by atoms with Crippen molar-refractivity contribution in [2.45, 2.75) is 65.5 Å². The number of unbranched alkanes of at least 4 members (excludes halogenated alkanes) is 1. The highest BCUT2D eigenvalue weighted by Crippen LogP contribution is 2.56. The normalized spacial score (nSPS) is 13.2. The Morgan fingerprint density at radius 1 is 1.00 bits per heavy atom. The first-order valence-electron chi connectivity index (χ1n) is 7.58. The van der Waals surface area contributed by atoms with Crippen LogP contribution in [0.5, 0.6) is 0 Å². The summed E-state index contributed by atoms with van der Waals surface area (Å²) in [4.78, 5) is 11.5. The third kappa shape index (κ3) is 7.41. The van der Waals surface area contributed by atoms with Gasteiger partial charge in [0, 0.05) is 6.42 Å².